The number of alkyl carbamates (subject to hydrolysis) is 1. The molecule has 9 heteroatoms. The van der Waals surface area contributed by atoms with E-state index in [1.165, 1.54) is 10.6 Å². The highest BCUT2D eigenvalue weighted by Crippen LogP contribution is 2.35. The Hall–Kier alpha value is -3.74. The molecule has 2 aromatic rings. The molecule has 1 aliphatic rings. The number of aliphatic imine (C=N–C) groups is 1. The summed E-state index contributed by atoms with van der Waals surface area (Å²) in [5, 5.41) is 4.16. The molecule has 3 N–H and O–H groups in total. The van der Waals surface area contributed by atoms with Gasteiger partial charge in [-0.1, -0.05) is 49.1 Å². The zero-order chi connectivity index (χ0) is 30.5. The third kappa shape index (κ3) is 10.6. The van der Waals surface area contributed by atoms with Crippen LogP contribution in [0.25, 0.3) is 6.08 Å². The minimum Gasteiger partial charge on any atom is -0.444 e. The fraction of sp³-hybridized carbons (Fsp3) is 0.424. The van der Waals surface area contributed by atoms with Crippen LogP contribution in [0.2, 0.25) is 0 Å². The number of nitrogens with two attached hydrogens (primary N) is 1. The van der Waals surface area contributed by atoms with E-state index in [-0.39, 0.29) is 12.3 Å². The van der Waals surface area contributed by atoms with Gasteiger partial charge in [0, 0.05) is 53.3 Å². The second kappa shape index (κ2) is 16.0. The summed E-state index contributed by atoms with van der Waals surface area (Å²) in [5.41, 5.74) is 9.71. The lowest BCUT2D eigenvalue weighted by Crippen LogP contribution is -2.34. The lowest BCUT2D eigenvalue weighted by atomic mass is 10.0. The molecule has 0 fully saturated rings. The summed E-state index contributed by atoms with van der Waals surface area (Å²) in [6.45, 7) is 10.7. The molecule has 8 nitrogen and oxygen atoms in total. The predicted octanol–water partition coefficient (Wildman–Crippen LogP) is 6.60. The first-order chi connectivity index (χ1) is 20.1. The molecule has 0 bridgehead atoms. The highest BCUT2D eigenvalue weighted by molar-refractivity contribution is 7.98. The second-order valence-electron chi connectivity index (χ2n) is 10.8. The largest absolute Gasteiger partial charge is 0.444 e. The van der Waals surface area contributed by atoms with E-state index in [4.69, 9.17) is 20.3 Å². The highest BCUT2D eigenvalue weighted by Gasteiger charge is 2.23. The molecule has 0 radical (unpaired) electrons. The van der Waals surface area contributed by atoms with Gasteiger partial charge in [-0.15, -0.1) is 11.8 Å². The fourth-order valence-corrected chi connectivity index (χ4v) is 5.04. The molecule has 2 amide bonds. The topological polar surface area (TPSA) is 106 Å². The van der Waals surface area contributed by atoms with Crippen LogP contribution in [-0.4, -0.2) is 48.2 Å². The molecule has 0 spiro atoms. The molecule has 0 atom stereocenters. The molecule has 1 heterocycles. The summed E-state index contributed by atoms with van der Waals surface area (Å²) < 4.78 is 5.28. The zero-order valence-electron chi connectivity index (χ0n) is 25.3. The summed E-state index contributed by atoms with van der Waals surface area (Å²) in [4.78, 5) is 36.7. The van der Waals surface area contributed by atoms with Crippen molar-refractivity contribution in [1.29, 1.82) is 0 Å². The predicted molar refractivity (Wildman–Crippen MR) is 170 cm³/mol. The van der Waals surface area contributed by atoms with Crippen molar-refractivity contribution in [3.8, 4) is 11.8 Å². The maximum atomic E-state index is 13.4. The number of rotatable bonds is 11. The van der Waals surface area contributed by atoms with Crippen molar-refractivity contribution in [3.63, 3.8) is 0 Å². The number of carbonyl (C=O) groups is 2. The third-order valence-corrected chi connectivity index (χ3v) is 6.96. The van der Waals surface area contributed by atoms with E-state index in [9.17, 15) is 9.59 Å². The van der Waals surface area contributed by atoms with Crippen molar-refractivity contribution in [2.24, 2.45) is 10.7 Å². The standard InChI is InChI=1S/C33H42N4O4S/c1-6-18-37(40-7-2)31(38)26-20-28-25(16-12-9-13-17-35-32(39)41-33(3,4)5)19-27(22-29(28)36-30(34)21-26)42-23-24-14-10-8-11-15-24/h8,10-11,14-15,19-20,22H,6-7,9,13,17-18,21,23H2,1-5H3,(H2,34,36)(H,35,39). The maximum absolute atomic E-state index is 13.4. The van der Waals surface area contributed by atoms with Crippen LogP contribution in [-0.2, 0) is 20.1 Å². The lowest BCUT2D eigenvalue weighted by molar-refractivity contribution is -0.180. The number of unbranched alkanes of at least 4 members (excludes halogenated alkanes) is 1. The summed E-state index contributed by atoms with van der Waals surface area (Å²) >= 11 is 1.69. The number of hydroxylamine groups is 2. The highest BCUT2D eigenvalue weighted by atomic mass is 32.2. The fourth-order valence-electron chi connectivity index (χ4n) is 4.12. The number of hydrogen-bond acceptors (Lipinski definition) is 7. The molecule has 0 aliphatic carbocycles. The molecule has 0 saturated carbocycles. The Balaban J connectivity index is 1.88. The molecule has 224 valence electrons. The number of thioether (sulfide) groups is 1. The number of benzene rings is 2. The van der Waals surface area contributed by atoms with E-state index in [1.807, 2.05) is 71.0 Å². The van der Waals surface area contributed by atoms with Crippen LogP contribution < -0.4 is 11.1 Å². The molecule has 0 saturated heterocycles. The Kier molecular flexibility index (Phi) is 12.5. The Morgan fingerprint density at radius 2 is 1.93 bits per heavy atom. The van der Waals surface area contributed by atoms with Crippen LogP contribution in [0, 0.1) is 11.8 Å². The zero-order valence-corrected chi connectivity index (χ0v) is 26.1. The van der Waals surface area contributed by atoms with Crippen molar-refractivity contribution in [3.05, 3.63) is 64.7 Å². The lowest BCUT2D eigenvalue weighted by Gasteiger charge is -2.21. The third-order valence-electron chi connectivity index (χ3n) is 5.92. The summed E-state index contributed by atoms with van der Waals surface area (Å²) in [7, 11) is 0. The van der Waals surface area contributed by atoms with Gasteiger partial charge in [-0.2, -0.15) is 0 Å². The van der Waals surface area contributed by atoms with Crippen LogP contribution >= 0.6 is 11.8 Å². The number of nitrogens with zero attached hydrogens (tertiary/aromatic N) is 2. The number of fused-ring (bicyclic) bond motifs is 1. The van der Waals surface area contributed by atoms with Gasteiger partial charge in [0.05, 0.1) is 12.3 Å². The Bertz CT molecular complexity index is 1350. The average molecular weight is 591 g/mol. The SMILES string of the molecule is CCCN(OCC)C(=O)C1=Cc2c(C#CCCCNC(=O)OC(C)(C)C)cc(SCc3ccccc3)cc2N=C(N)C1. The molecule has 0 aromatic heterocycles. The normalized spacial score (nSPS) is 12.6. The van der Waals surface area contributed by atoms with Gasteiger partial charge in [-0.25, -0.2) is 14.9 Å². The number of amidine groups is 1. The van der Waals surface area contributed by atoms with Gasteiger partial charge in [0.2, 0.25) is 0 Å². The van der Waals surface area contributed by atoms with Crippen LogP contribution in [0.4, 0.5) is 10.5 Å². The van der Waals surface area contributed by atoms with Gasteiger partial charge in [0.15, 0.2) is 0 Å². The Labute approximate surface area is 254 Å². The number of amides is 2. The van der Waals surface area contributed by atoms with Crippen molar-refractivity contribution < 1.29 is 19.2 Å². The van der Waals surface area contributed by atoms with E-state index < -0.39 is 11.7 Å². The van der Waals surface area contributed by atoms with Crippen LogP contribution in [0.3, 0.4) is 0 Å². The van der Waals surface area contributed by atoms with Gasteiger partial charge < -0.3 is 15.8 Å². The van der Waals surface area contributed by atoms with Gasteiger partial charge in [0.25, 0.3) is 5.91 Å². The minimum absolute atomic E-state index is 0.219. The number of hydrogen-bond donors (Lipinski definition) is 2. The van der Waals surface area contributed by atoms with E-state index >= 15 is 0 Å². The second-order valence-corrected chi connectivity index (χ2v) is 11.8. The Morgan fingerprint density at radius 1 is 1.17 bits per heavy atom. The average Bonchev–Trinajstić information content (AvgIpc) is 3.11. The van der Waals surface area contributed by atoms with E-state index in [0.29, 0.717) is 49.6 Å². The Morgan fingerprint density at radius 3 is 2.62 bits per heavy atom. The molecular weight excluding hydrogens is 548 g/mol. The van der Waals surface area contributed by atoms with Crippen LogP contribution in [0.1, 0.15) is 77.0 Å². The summed E-state index contributed by atoms with van der Waals surface area (Å²) in [6.07, 6.45) is 3.63. The monoisotopic (exact) mass is 590 g/mol. The minimum atomic E-state index is -0.541. The van der Waals surface area contributed by atoms with Gasteiger partial charge in [0.1, 0.15) is 11.4 Å². The first-order valence-electron chi connectivity index (χ1n) is 14.4. The smallest absolute Gasteiger partial charge is 0.407 e. The molecule has 3 rings (SSSR count). The van der Waals surface area contributed by atoms with E-state index in [2.05, 4.69) is 29.3 Å². The quantitative estimate of drug-likeness (QED) is 0.132. The molecule has 0 unspecified atom stereocenters. The number of ether oxygens (including phenoxy) is 1. The molecule has 1 aliphatic heterocycles. The van der Waals surface area contributed by atoms with Gasteiger partial charge >= 0.3 is 6.09 Å². The van der Waals surface area contributed by atoms with Gasteiger partial charge in [-0.3, -0.25) is 9.63 Å². The van der Waals surface area contributed by atoms with Crippen LogP contribution in [0.5, 0.6) is 0 Å². The van der Waals surface area contributed by atoms with E-state index in [0.717, 1.165) is 28.2 Å². The first-order valence-corrected chi connectivity index (χ1v) is 15.4. The van der Waals surface area contributed by atoms with Crippen molar-refractivity contribution in [2.75, 3.05) is 19.7 Å². The molecule has 2 aromatic carbocycles. The number of carbonyl (C=O) groups excluding carboxylic acids is 2. The summed E-state index contributed by atoms with van der Waals surface area (Å²) in [5.74, 6) is 7.47. The van der Waals surface area contributed by atoms with E-state index in [1.54, 1.807) is 11.8 Å². The van der Waals surface area contributed by atoms with Crippen molar-refractivity contribution in [2.45, 2.75) is 76.6 Å². The van der Waals surface area contributed by atoms with Gasteiger partial charge in [-0.05, 0) is 64.3 Å². The summed E-state index contributed by atoms with van der Waals surface area (Å²) in [6, 6.07) is 14.3. The number of nitrogens with one attached hydrogen (secondary N) is 1. The maximum Gasteiger partial charge on any atom is 0.407 e. The first kappa shape index (κ1) is 32.8. The molecule has 42 heavy (non-hydrogen) atoms. The van der Waals surface area contributed by atoms with Crippen LogP contribution in [0.15, 0.2) is 57.9 Å². The molecular formula is C33H42N4O4S. The van der Waals surface area contributed by atoms with Crippen molar-refractivity contribution in [1.82, 2.24) is 10.4 Å². The van der Waals surface area contributed by atoms with Crippen molar-refractivity contribution >= 4 is 41.4 Å².